The lowest BCUT2D eigenvalue weighted by Gasteiger charge is -2.41. The highest BCUT2D eigenvalue weighted by Crippen LogP contribution is 2.22. The summed E-state index contributed by atoms with van der Waals surface area (Å²) in [5.41, 5.74) is 1.27. The molecule has 2 aliphatic heterocycles. The SMILES string of the molecule is C[C@@H](C(=O)N1CCCCC1)N1CCN([C@@H](C)c2cccnc2)CC1. The Hall–Kier alpha value is -1.46. The molecule has 0 bridgehead atoms. The molecule has 0 spiro atoms. The van der Waals surface area contributed by atoms with Crippen molar-refractivity contribution in [1.82, 2.24) is 19.7 Å². The average Bonchev–Trinajstić information content (AvgIpc) is 2.68. The van der Waals surface area contributed by atoms with Gasteiger partial charge in [-0.2, -0.15) is 0 Å². The third-order valence-corrected chi connectivity index (χ3v) is 5.64. The molecule has 0 unspecified atom stereocenters. The third kappa shape index (κ3) is 3.95. The van der Waals surface area contributed by atoms with Crippen LogP contribution in [0.25, 0.3) is 0 Å². The quantitative estimate of drug-likeness (QED) is 0.848. The van der Waals surface area contributed by atoms with Crippen LogP contribution in [-0.2, 0) is 4.79 Å². The van der Waals surface area contributed by atoms with E-state index in [1.165, 1.54) is 12.0 Å². The van der Waals surface area contributed by atoms with E-state index in [4.69, 9.17) is 0 Å². The molecule has 3 rings (SSSR count). The molecule has 2 fully saturated rings. The molecular formula is C19H30N4O. The van der Waals surface area contributed by atoms with E-state index >= 15 is 0 Å². The molecule has 2 atom stereocenters. The van der Waals surface area contributed by atoms with Gasteiger partial charge < -0.3 is 4.90 Å². The summed E-state index contributed by atoms with van der Waals surface area (Å²) in [4.78, 5) is 23.8. The van der Waals surface area contributed by atoms with E-state index in [0.29, 0.717) is 11.9 Å². The third-order valence-electron chi connectivity index (χ3n) is 5.64. The fourth-order valence-corrected chi connectivity index (χ4v) is 3.88. The fourth-order valence-electron chi connectivity index (χ4n) is 3.88. The molecule has 5 nitrogen and oxygen atoms in total. The molecule has 0 aliphatic carbocycles. The summed E-state index contributed by atoms with van der Waals surface area (Å²) >= 11 is 0. The van der Waals surface area contributed by atoms with Crippen molar-refractivity contribution < 1.29 is 4.79 Å². The molecule has 5 heteroatoms. The molecule has 1 aromatic heterocycles. The standard InChI is InChI=1S/C19H30N4O/c1-16(18-7-6-8-20-15-18)21-11-13-22(14-12-21)17(2)19(24)23-9-4-3-5-10-23/h6-8,15-17H,3-5,9-14H2,1-2H3/t16-,17-/m0/s1. The van der Waals surface area contributed by atoms with Crippen LogP contribution in [0.4, 0.5) is 0 Å². The van der Waals surface area contributed by atoms with Crippen molar-refractivity contribution in [3.8, 4) is 0 Å². The largest absolute Gasteiger partial charge is 0.341 e. The summed E-state index contributed by atoms with van der Waals surface area (Å²) in [6.07, 6.45) is 7.37. The van der Waals surface area contributed by atoms with Gasteiger partial charge in [0.25, 0.3) is 0 Å². The molecule has 1 amide bonds. The molecule has 2 aliphatic rings. The van der Waals surface area contributed by atoms with Crippen LogP contribution in [0.5, 0.6) is 0 Å². The Labute approximate surface area is 145 Å². The lowest BCUT2D eigenvalue weighted by Crippen LogP contribution is -2.55. The van der Waals surface area contributed by atoms with E-state index in [2.05, 4.69) is 39.6 Å². The van der Waals surface area contributed by atoms with Crippen LogP contribution in [0.1, 0.15) is 44.7 Å². The van der Waals surface area contributed by atoms with Gasteiger partial charge in [-0.3, -0.25) is 19.6 Å². The Balaban J connectivity index is 1.51. The monoisotopic (exact) mass is 330 g/mol. The first-order valence-corrected chi connectivity index (χ1v) is 9.33. The minimum absolute atomic E-state index is 0.0129. The van der Waals surface area contributed by atoms with Crippen LogP contribution in [0.2, 0.25) is 0 Å². The number of likely N-dealkylation sites (tertiary alicyclic amines) is 1. The van der Waals surface area contributed by atoms with Crippen LogP contribution in [0.3, 0.4) is 0 Å². The second kappa shape index (κ2) is 8.08. The Morgan fingerprint density at radius 3 is 2.29 bits per heavy atom. The molecule has 0 aromatic carbocycles. The second-order valence-electron chi connectivity index (χ2n) is 7.10. The lowest BCUT2D eigenvalue weighted by atomic mass is 10.1. The predicted molar refractivity (Wildman–Crippen MR) is 95.7 cm³/mol. The van der Waals surface area contributed by atoms with Gasteiger partial charge in [0.2, 0.25) is 5.91 Å². The summed E-state index contributed by atoms with van der Waals surface area (Å²) in [5.74, 6) is 0.323. The minimum Gasteiger partial charge on any atom is -0.341 e. The summed E-state index contributed by atoms with van der Waals surface area (Å²) in [5, 5.41) is 0. The van der Waals surface area contributed by atoms with Gasteiger partial charge in [0.05, 0.1) is 6.04 Å². The Morgan fingerprint density at radius 2 is 1.67 bits per heavy atom. The highest BCUT2D eigenvalue weighted by molar-refractivity contribution is 5.81. The molecule has 132 valence electrons. The van der Waals surface area contributed by atoms with Crippen molar-refractivity contribution in [3.05, 3.63) is 30.1 Å². The highest BCUT2D eigenvalue weighted by atomic mass is 16.2. The molecule has 0 N–H and O–H groups in total. The number of carbonyl (C=O) groups is 1. The lowest BCUT2D eigenvalue weighted by molar-refractivity contribution is -0.138. The van der Waals surface area contributed by atoms with Crippen LogP contribution in [-0.4, -0.2) is 70.9 Å². The van der Waals surface area contributed by atoms with Crippen LogP contribution < -0.4 is 0 Å². The summed E-state index contributed by atoms with van der Waals surface area (Å²) in [7, 11) is 0. The number of pyridine rings is 1. The van der Waals surface area contributed by atoms with Gasteiger partial charge >= 0.3 is 0 Å². The number of piperidine rings is 1. The zero-order valence-electron chi connectivity index (χ0n) is 15.0. The second-order valence-corrected chi connectivity index (χ2v) is 7.10. The maximum Gasteiger partial charge on any atom is 0.239 e. The van der Waals surface area contributed by atoms with Crippen molar-refractivity contribution in [3.63, 3.8) is 0 Å². The maximum atomic E-state index is 12.7. The Morgan fingerprint density at radius 1 is 1.00 bits per heavy atom. The Kier molecular flexibility index (Phi) is 5.85. The molecule has 0 radical (unpaired) electrons. The van der Waals surface area contributed by atoms with Gasteiger partial charge in [-0.25, -0.2) is 0 Å². The van der Waals surface area contributed by atoms with E-state index in [-0.39, 0.29) is 6.04 Å². The average molecular weight is 330 g/mol. The number of rotatable bonds is 4. The van der Waals surface area contributed by atoms with E-state index in [1.54, 1.807) is 0 Å². The van der Waals surface area contributed by atoms with Crippen LogP contribution >= 0.6 is 0 Å². The van der Waals surface area contributed by atoms with E-state index in [9.17, 15) is 4.79 Å². The number of aromatic nitrogens is 1. The summed E-state index contributed by atoms with van der Waals surface area (Å²) in [6.45, 7) is 10.2. The molecular weight excluding hydrogens is 300 g/mol. The van der Waals surface area contributed by atoms with Gasteiger partial charge in [0.1, 0.15) is 0 Å². The minimum atomic E-state index is 0.0129. The van der Waals surface area contributed by atoms with Crippen molar-refractivity contribution in [2.45, 2.75) is 45.2 Å². The van der Waals surface area contributed by atoms with Gasteiger partial charge in [-0.15, -0.1) is 0 Å². The number of amides is 1. The van der Waals surface area contributed by atoms with Crippen molar-refractivity contribution in [2.75, 3.05) is 39.3 Å². The van der Waals surface area contributed by atoms with Crippen molar-refractivity contribution in [2.24, 2.45) is 0 Å². The Bertz CT molecular complexity index is 521. The first-order chi connectivity index (χ1) is 11.7. The predicted octanol–water partition coefficient (Wildman–Crippen LogP) is 2.16. The molecule has 3 heterocycles. The van der Waals surface area contributed by atoms with Crippen LogP contribution in [0.15, 0.2) is 24.5 Å². The number of carbonyl (C=O) groups excluding carboxylic acids is 1. The maximum absolute atomic E-state index is 12.7. The van der Waals surface area contributed by atoms with Gasteiger partial charge in [-0.05, 0) is 44.7 Å². The van der Waals surface area contributed by atoms with Crippen LogP contribution in [0, 0.1) is 0 Å². The zero-order valence-corrected chi connectivity index (χ0v) is 15.0. The molecule has 24 heavy (non-hydrogen) atoms. The molecule has 1 aromatic rings. The van der Waals surface area contributed by atoms with Crippen molar-refractivity contribution >= 4 is 5.91 Å². The number of nitrogens with zero attached hydrogens (tertiary/aromatic N) is 4. The molecule has 2 saturated heterocycles. The normalized spacial score (nSPS) is 23.0. The summed E-state index contributed by atoms with van der Waals surface area (Å²) in [6, 6.07) is 4.54. The number of hydrogen-bond donors (Lipinski definition) is 0. The first kappa shape index (κ1) is 17.4. The fraction of sp³-hybridized carbons (Fsp3) is 0.684. The van der Waals surface area contributed by atoms with E-state index in [1.807, 2.05) is 18.5 Å². The van der Waals surface area contributed by atoms with Gasteiger partial charge in [-0.1, -0.05) is 6.07 Å². The highest BCUT2D eigenvalue weighted by Gasteiger charge is 2.30. The zero-order chi connectivity index (χ0) is 16.9. The van der Waals surface area contributed by atoms with E-state index in [0.717, 1.165) is 52.1 Å². The van der Waals surface area contributed by atoms with Gasteiger partial charge in [0, 0.05) is 57.7 Å². The van der Waals surface area contributed by atoms with E-state index < -0.39 is 0 Å². The number of hydrogen-bond acceptors (Lipinski definition) is 4. The molecule has 0 saturated carbocycles. The van der Waals surface area contributed by atoms with Crippen molar-refractivity contribution in [1.29, 1.82) is 0 Å². The van der Waals surface area contributed by atoms with Gasteiger partial charge in [0.15, 0.2) is 0 Å². The summed E-state index contributed by atoms with van der Waals surface area (Å²) < 4.78 is 0. The topological polar surface area (TPSA) is 39.7 Å². The smallest absolute Gasteiger partial charge is 0.239 e. The first-order valence-electron chi connectivity index (χ1n) is 9.33. The number of piperazine rings is 1.